The summed E-state index contributed by atoms with van der Waals surface area (Å²) in [6.07, 6.45) is 0. The molecule has 1 N–H and O–H groups in total. The van der Waals surface area contributed by atoms with Crippen molar-refractivity contribution < 1.29 is 28.6 Å². The molecule has 2 aliphatic rings. The Bertz CT molecular complexity index is 1200. The average Bonchev–Trinajstić information content (AvgIpc) is 3.16. The highest BCUT2D eigenvalue weighted by Gasteiger charge is 2.52. The Morgan fingerprint density at radius 2 is 1.63 bits per heavy atom. The minimum atomic E-state index is -0.584. The van der Waals surface area contributed by atoms with Gasteiger partial charge in [-0.2, -0.15) is 0 Å². The molecule has 0 spiro atoms. The number of hydrogen-bond donors (Lipinski definition) is 1. The molecular formula is C25H27N3O6S. The van der Waals surface area contributed by atoms with E-state index in [0.29, 0.717) is 28.6 Å². The van der Waals surface area contributed by atoms with Crippen LogP contribution in [0.15, 0.2) is 52.9 Å². The van der Waals surface area contributed by atoms with Crippen LogP contribution in [0.2, 0.25) is 0 Å². The predicted octanol–water partition coefficient (Wildman–Crippen LogP) is 4.10. The van der Waals surface area contributed by atoms with Gasteiger partial charge in [0.25, 0.3) is 0 Å². The molecule has 184 valence electrons. The lowest BCUT2D eigenvalue weighted by Gasteiger charge is -2.41. The molecule has 2 aromatic carbocycles. The van der Waals surface area contributed by atoms with Gasteiger partial charge in [0, 0.05) is 11.8 Å². The van der Waals surface area contributed by atoms with Crippen molar-refractivity contribution in [2.45, 2.75) is 19.2 Å². The lowest BCUT2D eigenvalue weighted by Crippen LogP contribution is -2.61. The zero-order chi connectivity index (χ0) is 25.3. The summed E-state index contributed by atoms with van der Waals surface area (Å²) in [7, 11) is 4.54. The number of ether oxygens (including phenoxy) is 3. The minimum Gasteiger partial charge on any atom is -0.497 e. The maximum absolute atomic E-state index is 13.7. The van der Waals surface area contributed by atoms with Gasteiger partial charge in [-0.1, -0.05) is 0 Å². The van der Waals surface area contributed by atoms with E-state index < -0.39 is 17.3 Å². The molecule has 1 saturated heterocycles. The number of nitrogens with zero attached hydrogens (tertiary/aromatic N) is 2. The third-order valence-corrected chi connectivity index (χ3v) is 7.59. The third kappa shape index (κ3) is 4.53. The fourth-order valence-corrected chi connectivity index (χ4v) is 5.60. The zero-order valence-corrected chi connectivity index (χ0v) is 21.0. The summed E-state index contributed by atoms with van der Waals surface area (Å²) in [6, 6.07) is 11.2. The lowest BCUT2D eigenvalue weighted by atomic mass is 9.95. The van der Waals surface area contributed by atoms with E-state index in [2.05, 4.69) is 5.32 Å². The summed E-state index contributed by atoms with van der Waals surface area (Å²) in [5, 5.41) is 2.31. The van der Waals surface area contributed by atoms with Crippen LogP contribution in [-0.2, 0) is 9.59 Å². The van der Waals surface area contributed by atoms with Gasteiger partial charge in [-0.3, -0.25) is 9.59 Å². The van der Waals surface area contributed by atoms with E-state index in [1.54, 1.807) is 49.6 Å². The van der Waals surface area contributed by atoms with Crippen LogP contribution in [0.1, 0.15) is 13.8 Å². The molecule has 0 bridgehead atoms. The van der Waals surface area contributed by atoms with Crippen LogP contribution in [0.5, 0.6) is 17.2 Å². The van der Waals surface area contributed by atoms with Crippen LogP contribution in [0.25, 0.3) is 0 Å². The van der Waals surface area contributed by atoms with Gasteiger partial charge in [-0.15, -0.1) is 11.8 Å². The van der Waals surface area contributed by atoms with Crippen molar-refractivity contribution in [2.75, 3.05) is 38.1 Å². The summed E-state index contributed by atoms with van der Waals surface area (Å²) in [5.41, 5.74) is 1.76. The SMILES string of the molecule is COc1ccc(NC(=O)CN2C(=O)N(c3ccc(OC)cc3OC)C(=O)C3C(C)=C(C)SC32)cc1. The molecule has 0 saturated carbocycles. The van der Waals surface area contributed by atoms with Gasteiger partial charge in [-0.05, 0) is 60.7 Å². The van der Waals surface area contributed by atoms with Crippen molar-refractivity contribution in [3.63, 3.8) is 0 Å². The molecule has 2 heterocycles. The number of allylic oxidation sites excluding steroid dienone is 1. The Kier molecular flexibility index (Phi) is 6.93. The van der Waals surface area contributed by atoms with Crippen molar-refractivity contribution in [1.82, 2.24) is 4.90 Å². The van der Waals surface area contributed by atoms with E-state index in [1.165, 1.54) is 30.9 Å². The lowest BCUT2D eigenvalue weighted by molar-refractivity contribution is -0.124. The van der Waals surface area contributed by atoms with Crippen molar-refractivity contribution in [1.29, 1.82) is 0 Å². The Morgan fingerprint density at radius 1 is 0.971 bits per heavy atom. The van der Waals surface area contributed by atoms with Crippen LogP contribution < -0.4 is 24.4 Å². The summed E-state index contributed by atoms with van der Waals surface area (Å²) < 4.78 is 15.9. The second-order valence-electron chi connectivity index (χ2n) is 8.12. The summed E-state index contributed by atoms with van der Waals surface area (Å²) in [6.45, 7) is 3.59. The molecule has 2 aliphatic heterocycles. The highest BCUT2D eigenvalue weighted by Crippen LogP contribution is 2.48. The summed E-state index contributed by atoms with van der Waals surface area (Å²) >= 11 is 1.43. The van der Waals surface area contributed by atoms with Crippen molar-refractivity contribution in [3.05, 3.63) is 52.9 Å². The van der Waals surface area contributed by atoms with Crippen molar-refractivity contribution >= 4 is 41.0 Å². The Hall–Kier alpha value is -3.66. The van der Waals surface area contributed by atoms with Crippen LogP contribution in [0, 0.1) is 5.92 Å². The number of carbonyl (C=O) groups is 3. The number of anilines is 2. The van der Waals surface area contributed by atoms with E-state index in [0.717, 1.165) is 15.4 Å². The predicted molar refractivity (Wildman–Crippen MR) is 134 cm³/mol. The maximum Gasteiger partial charge on any atom is 0.332 e. The van der Waals surface area contributed by atoms with Crippen LogP contribution >= 0.6 is 11.8 Å². The number of hydrogen-bond acceptors (Lipinski definition) is 7. The van der Waals surface area contributed by atoms with Gasteiger partial charge in [0.05, 0.1) is 38.3 Å². The monoisotopic (exact) mass is 497 g/mol. The second-order valence-corrected chi connectivity index (χ2v) is 9.45. The average molecular weight is 498 g/mol. The quantitative estimate of drug-likeness (QED) is 0.615. The van der Waals surface area contributed by atoms with Crippen LogP contribution in [-0.4, -0.2) is 56.0 Å². The molecule has 4 amide bonds. The normalized spacial score (nSPS) is 19.6. The first-order valence-corrected chi connectivity index (χ1v) is 11.8. The third-order valence-electron chi connectivity index (χ3n) is 6.15. The number of thioether (sulfide) groups is 1. The number of imide groups is 1. The van der Waals surface area contributed by atoms with Crippen LogP contribution in [0.4, 0.5) is 16.2 Å². The van der Waals surface area contributed by atoms with Crippen molar-refractivity contribution in [3.8, 4) is 17.2 Å². The smallest absolute Gasteiger partial charge is 0.332 e. The highest BCUT2D eigenvalue weighted by atomic mass is 32.2. The second kappa shape index (κ2) is 9.91. The number of methoxy groups -OCH3 is 3. The largest absolute Gasteiger partial charge is 0.497 e. The summed E-state index contributed by atoms with van der Waals surface area (Å²) in [5.74, 6) is 0.214. The number of benzene rings is 2. The van der Waals surface area contributed by atoms with E-state index in [-0.39, 0.29) is 18.4 Å². The number of carbonyl (C=O) groups excluding carboxylic acids is 3. The molecular weight excluding hydrogens is 470 g/mol. The fourth-order valence-electron chi connectivity index (χ4n) is 4.17. The summed E-state index contributed by atoms with van der Waals surface area (Å²) in [4.78, 5) is 43.8. The highest BCUT2D eigenvalue weighted by molar-refractivity contribution is 8.03. The molecule has 0 aliphatic carbocycles. The van der Waals surface area contributed by atoms with E-state index in [9.17, 15) is 14.4 Å². The molecule has 0 aromatic heterocycles. The number of nitrogens with one attached hydrogen (secondary N) is 1. The Morgan fingerprint density at radius 3 is 2.26 bits per heavy atom. The molecule has 0 radical (unpaired) electrons. The van der Waals surface area contributed by atoms with E-state index in [1.807, 2.05) is 13.8 Å². The van der Waals surface area contributed by atoms with E-state index >= 15 is 0 Å². The van der Waals surface area contributed by atoms with E-state index in [4.69, 9.17) is 14.2 Å². The molecule has 1 fully saturated rings. The number of amides is 4. The molecule has 2 aromatic rings. The first-order valence-electron chi connectivity index (χ1n) is 10.9. The molecule has 4 rings (SSSR count). The molecule has 9 nitrogen and oxygen atoms in total. The number of fused-ring (bicyclic) bond motifs is 1. The van der Waals surface area contributed by atoms with Gasteiger partial charge in [0.15, 0.2) is 0 Å². The zero-order valence-electron chi connectivity index (χ0n) is 20.2. The molecule has 10 heteroatoms. The number of rotatable bonds is 7. The van der Waals surface area contributed by atoms with Gasteiger partial charge in [0.2, 0.25) is 11.8 Å². The van der Waals surface area contributed by atoms with Crippen molar-refractivity contribution in [2.24, 2.45) is 5.92 Å². The molecule has 2 unspecified atom stereocenters. The maximum atomic E-state index is 13.7. The first-order chi connectivity index (χ1) is 16.8. The minimum absolute atomic E-state index is 0.220. The van der Waals surface area contributed by atoms with Gasteiger partial charge in [0.1, 0.15) is 23.8 Å². The topological polar surface area (TPSA) is 97.4 Å². The van der Waals surface area contributed by atoms with Crippen LogP contribution in [0.3, 0.4) is 0 Å². The fraction of sp³-hybridized carbons (Fsp3) is 0.320. The Labute approximate surface area is 208 Å². The van der Waals surface area contributed by atoms with Gasteiger partial charge >= 0.3 is 6.03 Å². The number of urea groups is 1. The Balaban J connectivity index is 1.65. The first kappa shape index (κ1) is 24.5. The van der Waals surface area contributed by atoms with Gasteiger partial charge < -0.3 is 24.4 Å². The van der Waals surface area contributed by atoms with Gasteiger partial charge in [-0.25, -0.2) is 9.69 Å². The molecule has 35 heavy (non-hydrogen) atoms. The standard InChI is InChI=1S/C25H27N3O6S/c1-14-15(2)35-24-22(14)23(30)28(19-11-10-18(33-4)12-20(19)34-5)25(31)27(24)13-21(29)26-16-6-8-17(32-3)9-7-16/h6-12,22,24H,13H2,1-5H3,(H,26,29). The molecule has 2 atom stereocenters.